The number of hydrogen-bond acceptors (Lipinski definition) is 4. The lowest BCUT2D eigenvalue weighted by Crippen LogP contribution is -2.44. The highest BCUT2D eigenvalue weighted by molar-refractivity contribution is 7.10. The molecule has 1 amide bonds. The normalized spacial score (nSPS) is 22.8. The van der Waals surface area contributed by atoms with E-state index in [9.17, 15) is 9.59 Å². The molecule has 19 heavy (non-hydrogen) atoms. The number of rotatable bonds is 6. The van der Waals surface area contributed by atoms with Gasteiger partial charge >= 0.3 is 5.97 Å². The molecule has 3 unspecified atom stereocenters. The quantitative estimate of drug-likeness (QED) is 0.827. The molecule has 0 saturated heterocycles. The van der Waals surface area contributed by atoms with Crippen LogP contribution in [0.4, 0.5) is 0 Å². The summed E-state index contributed by atoms with van der Waals surface area (Å²) in [5.41, 5.74) is 1.21. The number of methoxy groups -OCH3 is 1. The molecule has 6 heteroatoms. The van der Waals surface area contributed by atoms with Gasteiger partial charge in [-0.15, -0.1) is 11.3 Å². The number of carbonyl (C=O) groups excluding carboxylic acids is 1. The van der Waals surface area contributed by atoms with Crippen LogP contribution in [0.15, 0.2) is 11.4 Å². The molecule has 2 N–H and O–H groups in total. The maximum absolute atomic E-state index is 12.0. The molecule has 0 radical (unpaired) electrons. The predicted octanol–water partition coefficient (Wildman–Crippen LogP) is 1.38. The van der Waals surface area contributed by atoms with E-state index in [-0.39, 0.29) is 24.3 Å². The van der Waals surface area contributed by atoms with Gasteiger partial charge in [-0.1, -0.05) is 0 Å². The van der Waals surface area contributed by atoms with Crippen LogP contribution >= 0.6 is 11.3 Å². The van der Waals surface area contributed by atoms with Crippen LogP contribution in [0.25, 0.3) is 0 Å². The van der Waals surface area contributed by atoms with Crippen molar-refractivity contribution in [1.82, 2.24) is 5.32 Å². The molecule has 0 aromatic carbocycles. The van der Waals surface area contributed by atoms with Gasteiger partial charge in [0.05, 0.1) is 6.61 Å². The number of carbonyl (C=O) groups is 2. The minimum absolute atomic E-state index is 0.0174. The summed E-state index contributed by atoms with van der Waals surface area (Å²) in [6.07, 6.45) is 0.798. The first kappa shape index (κ1) is 14.0. The molecule has 5 nitrogen and oxygen atoms in total. The lowest BCUT2D eigenvalue weighted by atomic mass is 10.2. The number of ether oxygens (including phenoxy) is 1. The van der Waals surface area contributed by atoms with Crippen LogP contribution in [-0.4, -0.2) is 36.7 Å². The molecule has 1 aromatic rings. The number of thiophene rings is 1. The molecule has 2 rings (SSSR count). The number of carboxylic acid groups (broad SMARTS) is 1. The zero-order chi connectivity index (χ0) is 14.0. The Bertz CT molecular complexity index is 485. The van der Waals surface area contributed by atoms with Gasteiger partial charge in [-0.25, -0.2) is 4.79 Å². The highest BCUT2D eigenvalue weighted by atomic mass is 32.1. The number of hydrogen-bond donors (Lipinski definition) is 2. The van der Waals surface area contributed by atoms with E-state index < -0.39 is 12.0 Å². The van der Waals surface area contributed by atoms with E-state index in [1.54, 1.807) is 11.3 Å². The summed E-state index contributed by atoms with van der Waals surface area (Å²) < 4.78 is 4.79. The minimum atomic E-state index is -1.07. The number of aryl methyl sites for hydroxylation is 1. The van der Waals surface area contributed by atoms with Crippen molar-refractivity contribution in [1.29, 1.82) is 0 Å². The first-order chi connectivity index (χ1) is 9.04. The van der Waals surface area contributed by atoms with Gasteiger partial charge in [-0.05, 0) is 30.4 Å². The smallest absolute Gasteiger partial charge is 0.328 e. The fourth-order valence-electron chi connectivity index (χ4n) is 2.16. The van der Waals surface area contributed by atoms with E-state index in [0.717, 1.165) is 6.42 Å². The minimum Gasteiger partial charge on any atom is -0.480 e. The highest BCUT2D eigenvalue weighted by Gasteiger charge is 2.46. The van der Waals surface area contributed by atoms with Crippen molar-refractivity contribution in [3.8, 4) is 0 Å². The fourth-order valence-corrected chi connectivity index (χ4v) is 3.27. The van der Waals surface area contributed by atoms with Crippen molar-refractivity contribution < 1.29 is 19.4 Å². The molecule has 3 atom stereocenters. The Kier molecular flexibility index (Phi) is 4.21. The highest BCUT2D eigenvalue weighted by Crippen LogP contribution is 2.50. The zero-order valence-electron chi connectivity index (χ0n) is 10.9. The third-order valence-corrected chi connectivity index (χ3v) is 4.46. The number of amides is 1. The van der Waals surface area contributed by atoms with Gasteiger partial charge in [0.1, 0.15) is 0 Å². The third-order valence-electron chi connectivity index (χ3n) is 3.31. The van der Waals surface area contributed by atoms with Gasteiger partial charge in [-0.3, -0.25) is 4.79 Å². The first-order valence-corrected chi connectivity index (χ1v) is 6.98. The van der Waals surface area contributed by atoms with Crippen LogP contribution in [0.5, 0.6) is 0 Å². The SMILES string of the molecule is COCC(NC(=O)C1CC1c1sccc1C)C(=O)O. The molecule has 0 bridgehead atoms. The Labute approximate surface area is 115 Å². The second-order valence-electron chi connectivity index (χ2n) is 4.77. The zero-order valence-corrected chi connectivity index (χ0v) is 11.7. The topological polar surface area (TPSA) is 75.6 Å². The van der Waals surface area contributed by atoms with Crippen molar-refractivity contribution in [2.45, 2.75) is 25.3 Å². The Hall–Kier alpha value is -1.40. The standard InChI is InChI=1S/C13H17NO4S/c1-7-3-4-19-11(7)8-5-9(8)12(15)14-10(6-18-2)13(16)17/h3-4,8-10H,5-6H2,1-2H3,(H,14,15)(H,16,17). The van der Waals surface area contributed by atoms with E-state index in [2.05, 4.69) is 5.32 Å². The second-order valence-corrected chi connectivity index (χ2v) is 5.72. The Morgan fingerprint density at radius 3 is 2.89 bits per heavy atom. The molecule has 0 aliphatic heterocycles. The molecule has 0 spiro atoms. The molecule has 104 valence electrons. The molecule has 1 saturated carbocycles. The maximum Gasteiger partial charge on any atom is 0.328 e. The monoisotopic (exact) mass is 283 g/mol. The van der Waals surface area contributed by atoms with E-state index >= 15 is 0 Å². The van der Waals surface area contributed by atoms with Gasteiger partial charge in [0, 0.05) is 23.8 Å². The van der Waals surface area contributed by atoms with Gasteiger partial charge in [0.2, 0.25) is 5.91 Å². The first-order valence-electron chi connectivity index (χ1n) is 6.10. The van der Waals surface area contributed by atoms with Gasteiger partial charge in [0.25, 0.3) is 0 Å². The lowest BCUT2D eigenvalue weighted by Gasteiger charge is -2.13. The molecule has 1 heterocycles. The van der Waals surface area contributed by atoms with Crippen molar-refractivity contribution >= 4 is 23.2 Å². The van der Waals surface area contributed by atoms with Gasteiger partial charge in [0.15, 0.2) is 6.04 Å². The molecule has 1 aromatic heterocycles. The van der Waals surface area contributed by atoms with Crippen molar-refractivity contribution in [2.75, 3.05) is 13.7 Å². The molecule has 1 aliphatic carbocycles. The summed E-state index contributed by atoms with van der Waals surface area (Å²) in [6, 6.07) is 1.07. The van der Waals surface area contributed by atoms with Crippen LogP contribution in [-0.2, 0) is 14.3 Å². The third kappa shape index (κ3) is 3.13. The summed E-state index contributed by atoms with van der Waals surface area (Å²) >= 11 is 1.66. The van der Waals surface area contributed by atoms with Crippen molar-refractivity contribution in [2.24, 2.45) is 5.92 Å². The molecular weight excluding hydrogens is 266 g/mol. The summed E-state index contributed by atoms with van der Waals surface area (Å²) in [5.74, 6) is -1.12. The summed E-state index contributed by atoms with van der Waals surface area (Å²) in [6.45, 7) is 2.01. The van der Waals surface area contributed by atoms with Crippen molar-refractivity contribution in [3.05, 3.63) is 21.9 Å². The summed E-state index contributed by atoms with van der Waals surface area (Å²) in [4.78, 5) is 24.2. The Morgan fingerprint density at radius 1 is 1.63 bits per heavy atom. The summed E-state index contributed by atoms with van der Waals surface area (Å²) in [7, 11) is 1.41. The van der Waals surface area contributed by atoms with Gasteiger partial charge in [-0.2, -0.15) is 0 Å². The van der Waals surface area contributed by atoms with E-state index in [4.69, 9.17) is 9.84 Å². The Morgan fingerprint density at radius 2 is 2.37 bits per heavy atom. The number of aliphatic carboxylic acids is 1. The van der Waals surface area contributed by atoms with Crippen LogP contribution in [0, 0.1) is 12.8 Å². The van der Waals surface area contributed by atoms with E-state index in [0.29, 0.717) is 0 Å². The molecular formula is C13H17NO4S. The van der Waals surface area contributed by atoms with Crippen LogP contribution in [0.1, 0.15) is 22.8 Å². The number of nitrogens with one attached hydrogen (secondary N) is 1. The lowest BCUT2D eigenvalue weighted by molar-refractivity contribution is -0.143. The number of carboxylic acids is 1. The average molecular weight is 283 g/mol. The molecule has 1 aliphatic rings. The average Bonchev–Trinajstić information content (AvgIpc) is 3.04. The van der Waals surface area contributed by atoms with Crippen LogP contribution in [0.2, 0.25) is 0 Å². The van der Waals surface area contributed by atoms with E-state index in [1.165, 1.54) is 17.6 Å². The maximum atomic E-state index is 12.0. The van der Waals surface area contributed by atoms with Gasteiger partial charge < -0.3 is 15.2 Å². The van der Waals surface area contributed by atoms with Crippen molar-refractivity contribution in [3.63, 3.8) is 0 Å². The molecule has 1 fully saturated rings. The predicted molar refractivity (Wildman–Crippen MR) is 71.3 cm³/mol. The van der Waals surface area contributed by atoms with Crippen LogP contribution < -0.4 is 5.32 Å². The largest absolute Gasteiger partial charge is 0.480 e. The summed E-state index contributed by atoms with van der Waals surface area (Å²) in [5, 5.41) is 13.5. The fraction of sp³-hybridized carbons (Fsp3) is 0.538. The second kappa shape index (κ2) is 5.71. The van der Waals surface area contributed by atoms with E-state index in [1.807, 2.05) is 18.4 Å². The Balaban J connectivity index is 1.92. The van der Waals surface area contributed by atoms with Crippen LogP contribution in [0.3, 0.4) is 0 Å².